The number of Topliss-reactive ketones (excluding diaryl/α,β-unsaturated/α-hetero) is 2. The Morgan fingerprint density at radius 3 is 2.21 bits per heavy atom. The Kier molecular flexibility index (Phi) is 2.78. The van der Waals surface area contributed by atoms with Crippen molar-refractivity contribution in [1.82, 2.24) is 0 Å². The third kappa shape index (κ3) is 2.00. The van der Waals surface area contributed by atoms with Crippen LogP contribution in [0.15, 0.2) is 24.3 Å². The van der Waals surface area contributed by atoms with Crippen molar-refractivity contribution in [1.29, 1.82) is 0 Å². The van der Waals surface area contributed by atoms with Crippen molar-refractivity contribution < 1.29 is 9.59 Å². The van der Waals surface area contributed by atoms with Gasteiger partial charge in [-0.15, -0.1) is 0 Å². The molecule has 0 unspecified atom stereocenters. The molecule has 1 aromatic carbocycles. The lowest BCUT2D eigenvalue weighted by Crippen LogP contribution is -2.51. The van der Waals surface area contributed by atoms with Crippen LogP contribution in [0.4, 0.5) is 0 Å². The molecule has 0 saturated heterocycles. The van der Waals surface area contributed by atoms with Crippen molar-refractivity contribution in [2.24, 2.45) is 17.8 Å². The van der Waals surface area contributed by atoms with Gasteiger partial charge in [-0.25, -0.2) is 0 Å². The number of fused-ring (bicyclic) bond motifs is 2. The molecule has 0 aromatic heterocycles. The summed E-state index contributed by atoms with van der Waals surface area (Å²) in [5.74, 6) is 0.820. The zero-order valence-corrected chi connectivity index (χ0v) is 12.8. The molecule has 1 aromatic rings. The summed E-state index contributed by atoms with van der Waals surface area (Å²) in [5.41, 5.74) is 1.31. The molecule has 3 heteroatoms. The first-order valence-corrected chi connectivity index (χ1v) is 10.8. The topological polar surface area (TPSA) is 34.1 Å². The largest absolute Gasteiger partial charge is 0.294 e. The summed E-state index contributed by atoms with van der Waals surface area (Å²) in [7, 11) is -1.17. The number of carbonyl (C=O) groups excluding carboxylic acids is 2. The predicted octanol–water partition coefficient (Wildman–Crippen LogP) is 3.66. The first-order valence-electron chi connectivity index (χ1n) is 7.06. The van der Waals surface area contributed by atoms with Crippen LogP contribution >= 0.6 is 0 Å². The molecular formula is C16H20O2Si. The normalized spacial score (nSPS) is 29.5. The second-order valence-corrected chi connectivity index (χ2v) is 12.7. The minimum absolute atomic E-state index is 0.0193. The molecule has 1 saturated carbocycles. The highest BCUT2D eigenvalue weighted by atomic mass is 28.3. The lowest BCUT2D eigenvalue weighted by atomic mass is 9.57. The number of rotatable bonds is 2. The van der Waals surface area contributed by atoms with Gasteiger partial charge in [0.25, 0.3) is 0 Å². The molecule has 0 radical (unpaired) electrons. The molecule has 2 aliphatic carbocycles. The Hall–Kier alpha value is -1.22. The van der Waals surface area contributed by atoms with Gasteiger partial charge >= 0.3 is 0 Å². The standard InChI is InChI=1S/C16H20O2Si/c1-19(2,3)9-10-8-13-14(10)16(18)12-7-5-4-6-11(12)15(13)17/h4-7,10,13-14H,8-9H2,1-3H3/t10-,13+,14-/m1/s1. The van der Waals surface area contributed by atoms with E-state index in [0.29, 0.717) is 17.0 Å². The Balaban J connectivity index is 1.92. The fourth-order valence-corrected chi connectivity index (χ4v) is 5.70. The van der Waals surface area contributed by atoms with Gasteiger partial charge in [0, 0.05) is 31.0 Å². The van der Waals surface area contributed by atoms with Crippen molar-refractivity contribution in [2.45, 2.75) is 32.1 Å². The molecule has 3 rings (SSSR count). The Labute approximate surface area is 115 Å². The number of hydrogen-bond acceptors (Lipinski definition) is 2. The van der Waals surface area contributed by atoms with Crippen LogP contribution in [0.3, 0.4) is 0 Å². The summed E-state index contributed by atoms with van der Waals surface area (Å²) in [5, 5.41) is 0. The van der Waals surface area contributed by atoms with E-state index >= 15 is 0 Å². The molecule has 0 heterocycles. The van der Waals surface area contributed by atoms with Crippen LogP contribution in [0.25, 0.3) is 0 Å². The SMILES string of the molecule is C[Si](C)(C)C[C@H]1C[C@@H]2C(=O)c3ccccc3C(=O)[C@H]12. The summed E-state index contributed by atoms with van der Waals surface area (Å²) in [6, 6.07) is 8.49. The molecule has 0 bridgehead atoms. The minimum atomic E-state index is -1.17. The number of hydrogen-bond donors (Lipinski definition) is 0. The highest BCUT2D eigenvalue weighted by Gasteiger charge is 2.53. The van der Waals surface area contributed by atoms with Crippen LogP contribution in [0, 0.1) is 17.8 Å². The molecule has 19 heavy (non-hydrogen) atoms. The van der Waals surface area contributed by atoms with E-state index in [-0.39, 0.29) is 23.4 Å². The van der Waals surface area contributed by atoms with Crippen molar-refractivity contribution in [2.75, 3.05) is 0 Å². The molecule has 0 amide bonds. The molecule has 3 atom stereocenters. The number of benzene rings is 1. The second kappa shape index (κ2) is 4.14. The third-order valence-electron chi connectivity index (χ3n) is 4.47. The van der Waals surface area contributed by atoms with Gasteiger partial charge in [-0.05, 0) is 12.3 Å². The average molecular weight is 272 g/mol. The van der Waals surface area contributed by atoms with Crippen molar-refractivity contribution in [3.63, 3.8) is 0 Å². The third-order valence-corrected chi connectivity index (χ3v) is 6.22. The van der Waals surface area contributed by atoms with Crippen LogP contribution in [0.1, 0.15) is 27.1 Å². The van der Waals surface area contributed by atoms with E-state index in [1.807, 2.05) is 18.2 Å². The molecule has 1 fully saturated rings. The van der Waals surface area contributed by atoms with Gasteiger partial charge in [-0.1, -0.05) is 50.0 Å². The monoisotopic (exact) mass is 272 g/mol. The zero-order valence-electron chi connectivity index (χ0n) is 11.8. The Morgan fingerprint density at radius 1 is 1.05 bits per heavy atom. The van der Waals surface area contributed by atoms with Gasteiger partial charge in [0.05, 0.1) is 0 Å². The van der Waals surface area contributed by atoms with E-state index < -0.39 is 8.07 Å². The maximum absolute atomic E-state index is 12.6. The predicted molar refractivity (Wildman–Crippen MR) is 78.3 cm³/mol. The summed E-state index contributed by atoms with van der Waals surface area (Å²) < 4.78 is 0. The van der Waals surface area contributed by atoms with Gasteiger partial charge in [-0.3, -0.25) is 9.59 Å². The first kappa shape index (κ1) is 12.8. The maximum Gasteiger partial charge on any atom is 0.167 e. The summed E-state index contributed by atoms with van der Waals surface area (Å²) >= 11 is 0. The maximum atomic E-state index is 12.6. The molecule has 2 aliphatic rings. The molecule has 0 spiro atoms. The van der Waals surface area contributed by atoms with Gasteiger partial charge in [0.15, 0.2) is 11.6 Å². The first-order chi connectivity index (χ1) is 8.88. The molecule has 2 nitrogen and oxygen atoms in total. The van der Waals surface area contributed by atoms with Crippen LogP contribution in [-0.4, -0.2) is 19.6 Å². The van der Waals surface area contributed by atoms with Crippen molar-refractivity contribution in [3.8, 4) is 0 Å². The summed E-state index contributed by atoms with van der Waals surface area (Å²) in [6.07, 6.45) is 0.924. The lowest BCUT2D eigenvalue weighted by molar-refractivity contribution is 0.0410. The lowest BCUT2D eigenvalue weighted by Gasteiger charge is -2.47. The fraction of sp³-hybridized carbons (Fsp3) is 0.500. The van der Waals surface area contributed by atoms with Gasteiger partial charge in [0.2, 0.25) is 0 Å². The summed E-state index contributed by atoms with van der Waals surface area (Å²) in [6.45, 7) is 7.01. The number of ketones is 2. The molecule has 0 N–H and O–H groups in total. The number of carbonyl (C=O) groups is 2. The smallest absolute Gasteiger partial charge is 0.167 e. The van der Waals surface area contributed by atoms with Crippen LogP contribution in [0.5, 0.6) is 0 Å². The molecular weight excluding hydrogens is 252 g/mol. The average Bonchev–Trinajstić information content (AvgIpc) is 2.31. The molecule has 100 valence electrons. The van der Waals surface area contributed by atoms with Crippen LogP contribution in [-0.2, 0) is 0 Å². The second-order valence-electron chi connectivity index (χ2n) is 7.17. The van der Waals surface area contributed by atoms with E-state index in [1.54, 1.807) is 6.07 Å². The quantitative estimate of drug-likeness (QED) is 0.770. The van der Waals surface area contributed by atoms with Gasteiger partial charge < -0.3 is 0 Å². The highest BCUT2D eigenvalue weighted by Crippen LogP contribution is 2.50. The van der Waals surface area contributed by atoms with E-state index in [4.69, 9.17) is 0 Å². The zero-order chi connectivity index (χ0) is 13.8. The van der Waals surface area contributed by atoms with Gasteiger partial charge in [-0.2, -0.15) is 0 Å². The van der Waals surface area contributed by atoms with E-state index in [2.05, 4.69) is 19.6 Å². The molecule has 0 aliphatic heterocycles. The Morgan fingerprint density at radius 2 is 1.63 bits per heavy atom. The summed E-state index contributed by atoms with van der Waals surface area (Å²) in [4.78, 5) is 25.0. The van der Waals surface area contributed by atoms with Gasteiger partial charge in [0.1, 0.15) is 0 Å². The minimum Gasteiger partial charge on any atom is -0.294 e. The fourth-order valence-electron chi connectivity index (χ4n) is 3.71. The van der Waals surface area contributed by atoms with E-state index in [0.717, 1.165) is 12.5 Å². The van der Waals surface area contributed by atoms with E-state index in [9.17, 15) is 9.59 Å². The van der Waals surface area contributed by atoms with Crippen molar-refractivity contribution in [3.05, 3.63) is 35.4 Å². The van der Waals surface area contributed by atoms with E-state index in [1.165, 1.54) is 0 Å². The Bertz CT molecular complexity index is 556. The highest BCUT2D eigenvalue weighted by molar-refractivity contribution is 6.76. The van der Waals surface area contributed by atoms with Crippen LogP contribution < -0.4 is 0 Å². The van der Waals surface area contributed by atoms with Crippen molar-refractivity contribution >= 4 is 19.6 Å². The van der Waals surface area contributed by atoms with Crippen LogP contribution in [0.2, 0.25) is 25.7 Å².